The molecule has 0 atom stereocenters. The van der Waals surface area contributed by atoms with Gasteiger partial charge in [-0.15, -0.1) is 0 Å². The van der Waals surface area contributed by atoms with Gasteiger partial charge in [-0.25, -0.2) is 0 Å². The number of nitrogens with zero attached hydrogens (tertiary/aromatic N) is 4. The molecule has 8 aromatic carbocycles. The summed E-state index contributed by atoms with van der Waals surface area (Å²) in [5.74, 6) is 0. The summed E-state index contributed by atoms with van der Waals surface area (Å²) >= 11 is 0. The molecule has 19 heteroatoms. The standard InChI is InChI=1S/C55H25F15N4/c56-51(57,58)33-11-15-36(43(24-33)54(65,66)67)29-9-13-40-38-5-1-3-7-45(38)73(47(40)20-29)49-22-32(31-17-28(26-71)18-35(19-31)53(62,63)64)23-50(42(49)27-72)74-46-8-4-2-6-39(46)41-14-10-30(21-48(41)74)37-16-12-34(52(59,60)61)25-44(37)55(68,69)70/h1-25H. The molecule has 4 nitrogen and oxygen atoms in total. The Balaban J connectivity index is 1.34. The number of para-hydroxylation sites is 2. The summed E-state index contributed by atoms with van der Waals surface area (Å²) in [7, 11) is 0. The summed E-state index contributed by atoms with van der Waals surface area (Å²) in [6.45, 7) is 0. The number of alkyl halides is 15. The molecule has 10 aromatic rings. The Hall–Kier alpha value is -8.71. The predicted octanol–water partition coefficient (Wildman–Crippen LogP) is 17.7. The van der Waals surface area contributed by atoms with E-state index in [1.165, 1.54) is 57.7 Å². The highest BCUT2D eigenvalue weighted by molar-refractivity contribution is 6.12. The van der Waals surface area contributed by atoms with Gasteiger partial charge in [-0.2, -0.15) is 76.4 Å². The maximum atomic E-state index is 14.6. The number of rotatable bonds is 5. The van der Waals surface area contributed by atoms with E-state index in [9.17, 15) is 76.4 Å². The van der Waals surface area contributed by atoms with Crippen molar-refractivity contribution in [2.75, 3.05) is 0 Å². The number of benzene rings is 8. The van der Waals surface area contributed by atoms with E-state index in [4.69, 9.17) is 0 Å². The minimum absolute atomic E-state index is 0.0260. The molecular weight excluding hydrogens is 1000 g/mol. The van der Waals surface area contributed by atoms with Crippen LogP contribution in [0.3, 0.4) is 0 Å². The van der Waals surface area contributed by atoms with Crippen molar-refractivity contribution in [2.45, 2.75) is 30.9 Å². The van der Waals surface area contributed by atoms with Crippen molar-refractivity contribution in [1.29, 1.82) is 10.5 Å². The highest BCUT2D eigenvalue weighted by atomic mass is 19.4. The average molecular weight is 1030 g/mol. The lowest BCUT2D eigenvalue weighted by molar-refractivity contribution is -0.144. The van der Waals surface area contributed by atoms with Crippen LogP contribution in [0.4, 0.5) is 65.9 Å². The lowest BCUT2D eigenvalue weighted by Gasteiger charge is -2.20. The van der Waals surface area contributed by atoms with Crippen LogP contribution in [0.5, 0.6) is 0 Å². The van der Waals surface area contributed by atoms with Crippen LogP contribution in [0.1, 0.15) is 38.9 Å². The monoisotopic (exact) mass is 1030 g/mol. The molecule has 0 unspecified atom stereocenters. The maximum Gasteiger partial charge on any atom is 0.417 e. The van der Waals surface area contributed by atoms with E-state index in [-0.39, 0.29) is 73.4 Å². The quantitative estimate of drug-likeness (QED) is 0.161. The van der Waals surface area contributed by atoms with E-state index in [1.54, 1.807) is 54.6 Å². The van der Waals surface area contributed by atoms with Crippen molar-refractivity contribution in [3.05, 3.63) is 191 Å². The van der Waals surface area contributed by atoms with Gasteiger partial charge in [0.15, 0.2) is 0 Å². The number of hydrogen-bond donors (Lipinski definition) is 0. The van der Waals surface area contributed by atoms with Crippen molar-refractivity contribution < 1.29 is 65.9 Å². The largest absolute Gasteiger partial charge is 0.417 e. The van der Waals surface area contributed by atoms with Crippen molar-refractivity contribution >= 4 is 43.6 Å². The lowest BCUT2D eigenvalue weighted by Crippen LogP contribution is -2.12. The van der Waals surface area contributed by atoms with Crippen molar-refractivity contribution in [3.8, 4) is 56.9 Å². The first-order valence-electron chi connectivity index (χ1n) is 21.6. The second kappa shape index (κ2) is 16.9. The van der Waals surface area contributed by atoms with Gasteiger partial charge in [0.1, 0.15) is 11.6 Å². The van der Waals surface area contributed by atoms with Crippen LogP contribution < -0.4 is 0 Å². The highest BCUT2D eigenvalue weighted by Gasteiger charge is 2.40. The number of nitriles is 2. The third kappa shape index (κ3) is 8.37. The van der Waals surface area contributed by atoms with E-state index in [1.807, 2.05) is 0 Å². The molecule has 0 N–H and O–H groups in total. The van der Waals surface area contributed by atoms with Gasteiger partial charge in [0, 0.05) is 21.5 Å². The fraction of sp³-hybridized carbons (Fsp3) is 0.0909. The fourth-order valence-electron chi connectivity index (χ4n) is 9.48. The molecule has 0 saturated heterocycles. The van der Waals surface area contributed by atoms with Crippen molar-refractivity contribution in [3.63, 3.8) is 0 Å². The van der Waals surface area contributed by atoms with Crippen molar-refractivity contribution in [1.82, 2.24) is 9.13 Å². The van der Waals surface area contributed by atoms with Gasteiger partial charge in [-0.3, -0.25) is 0 Å². The molecule has 2 aromatic heterocycles. The fourth-order valence-corrected chi connectivity index (χ4v) is 9.48. The van der Waals surface area contributed by atoms with Gasteiger partial charge in [-0.1, -0.05) is 72.8 Å². The molecule has 0 spiro atoms. The Bertz CT molecular complexity index is 3820. The molecular formula is C55H25F15N4. The Labute approximate surface area is 406 Å². The summed E-state index contributed by atoms with van der Waals surface area (Å²) in [5.41, 5.74) is -10.1. The van der Waals surface area contributed by atoms with Crippen LogP contribution in [0.25, 0.3) is 88.4 Å². The van der Waals surface area contributed by atoms with E-state index in [0.717, 1.165) is 12.1 Å². The second-order valence-corrected chi connectivity index (χ2v) is 17.1. The first-order valence-corrected chi connectivity index (χ1v) is 21.6. The van der Waals surface area contributed by atoms with Gasteiger partial charge >= 0.3 is 30.9 Å². The molecule has 0 aliphatic heterocycles. The molecule has 0 bridgehead atoms. The van der Waals surface area contributed by atoms with Gasteiger partial charge in [0.2, 0.25) is 0 Å². The maximum absolute atomic E-state index is 14.6. The summed E-state index contributed by atoms with van der Waals surface area (Å²) < 4.78 is 217. The van der Waals surface area contributed by atoms with Crippen LogP contribution in [0.2, 0.25) is 0 Å². The van der Waals surface area contributed by atoms with E-state index in [2.05, 4.69) is 6.07 Å². The first kappa shape index (κ1) is 48.9. The van der Waals surface area contributed by atoms with Gasteiger partial charge in [-0.05, 0) is 112 Å². The zero-order valence-electron chi connectivity index (χ0n) is 36.9. The third-order valence-electron chi connectivity index (χ3n) is 12.7. The van der Waals surface area contributed by atoms with E-state index in [0.29, 0.717) is 51.9 Å². The van der Waals surface area contributed by atoms with E-state index >= 15 is 0 Å². The zero-order valence-corrected chi connectivity index (χ0v) is 36.9. The smallest absolute Gasteiger partial charge is 0.308 e. The third-order valence-corrected chi connectivity index (χ3v) is 12.7. The molecule has 370 valence electrons. The molecule has 2 heterocycles. The summed E-state index contributed by atoms with van der Waals surface area (Å²) in [4.78, 5) is 0. The molecule has 0 fully saturated rings. The van der Waals surface area contributed by atoms with Crippen LogP contribution in [-0.2, 0) is 30.9 Å². The highest BCUT2D eigenvalue weighted by Crippen LogP contribution is 2.47. The summed E-state index contributed by atoms with van der Waals surface area (Å²) in [6, 6.07) is 31.7. The molecule has 0 aliphatic rings. The van der Waals surface area contributed by atoms with Crippen LogP contribution >= 0.6 is 0 Å². The number of aromatic nitrogens is 2. The molecule has 0 saturated carbocycles. The van der Waals surface area contributed by atoms with Crippen LogP contribution in [0, 0.1) is 22.7 Å². The van der Waals surface area contributed by atoms with Gasteiger partial charge < -0.3 is 9.13 Å². The molecule has 0 radical (unpaired) electrons. The normalized spacial score (nSPS) is 12.8. The van der Waals surface area contributed by atoms with Gasteiger partial charge in [0.05, 0.1) is 72.9 Å². The Morgan fingerprint density at radius 2 is 0.730 bits per heavy atom. The van der Waals surface area contributed by atoms with Crippen molar-refractivity contribution in [2.24, 2.45) is 0 Å². The zero-order chi connectivity index (χ0) is 53.0. The summed E-state index contributed by atoms with van der Waals surface area (Å²) in [6.07, 6.45) is -25.9. The molecule has 0 amide bonds. The first-order chi connectivity index (χ1) is 34.8. The number of halogens is 15. The van der Waals surface area contributed by atoms with Gasteiger partial charge in [0.25, 0.3) is 0 Å². The topological polar surface area (TPSA) is 57.4 Å². The summed E-state index contributed by atoms with van der Waals surface area (Å²) in [5, 5.41) is 22.8. The number of hydrogen-bond acceptors (Lipinski definition) is 2. The minimum Gasteiger partial charge on any atom is -0.308 e. The van der Waals surface area contributed by atoms with E-state index < -0.39 is 75.4 Å². The predicted molar refractivity (Wildman–Crippen MR) is 246 cm³/mol. The lowest BCUT2D eigenvalue weighted by atomic mass is 9.95. The molecule has 0 aliphatic carbocycles. The molecule has 74 heavy (non-hydrogen) atoms. The Morgan fingerprint density at radius 3 is 1.12 bits per heavy atom. The average Bonchev–Trinajstić information content (AvgIpc) is 3.86. The molecule has 10 rings (SSSR count). The second-order valence-electron chi connectivity index (χ2n) is 17.1. The minimum atomic E-state index is -5.30. The van der Waals surface area contributed by atoms with Crippen LogP contribution in [0.15, 0.2) is 152 Å². The Morgan fingerprint density at radius 1 is 0.324 bits per heavy atom. The van der Waals surface area contributed by atoms with Crippen LogP contribution in [-0.4, -0.2) is 9.13 Å². The number of fused-ring (bicyclic) bond motifs is 6. The SMILES string of the molecule is N#Cc1cc(-c2cc(-n3c4ccccc4c4ccc(-c5ccc(C(F)(F)F)cc5C(F)(F)F)cc43)c(C#N)c(-n3c4ccccc4c4ccc(-c5ccc(C(F)(F)F)cc5C(F)(F)F)cc43)c2)cc(C(F)(F)F)c1. The Kier molecular flexibility index (Phi) is 11.2.